The molecular formula is C13H27N3O. The number of likely N-dealkylation sites (N-methyl/N-ethyl adjacent to an activating group) is 2. The zero-order valence-corrected chi connectivity index (χ0v) is 11.5. The molecule has 1 fully saturated rings. The average molecular weight is 241 g/mol. The van der Waals surface area contributed by atoms with Crippen molar-refractivity contribution in [1.82, 2.24) is 15.1 Å². The van der Waals surface area contributed by atoms with E-state index in [-0.39, 0.29) is 5.91 Å². The molecule has 0 radical (unpaired) electrons. The lowest BCUT2D eigenvalue weighted by atomic mass is 9.95. The predicted octanol–water partition coefficient (Wildman–Crippen LogP) is 0.786. The van der Waals surface area contributed by atoms with Crippen LogP contribution in [0.15, 0.2) is 0 Å². The van der Waals surface area contributed by atoms with E-state index < -0.39 is 0 Å². The Morgan fingerprint density at radius 1 is 1.53 bits per heavy atom. The lowest BCUT2D eigenvalue weighted by Gasteiger charge is -2.30. The van der Waals surface area contributed by atoms with Gasteiger partial charge in [0, 0.05) is 20.1 Å². The third kappa shape index (κ3) is 5.50. The van der Waals surface area contributed by atoms with E-state index in [0.717, 1.165) is 25.4 Å². The summed E-state index contributed by atoms with van der Waals surface area (Å²) >= 11 is 0. The Kier molecular flexibility index (Phi) is 6.52. The molecule has 1 amide bonds. The first-order valence-corrected chi connectivity index (χ1v) is 6.76. The molecule has 17 heavy (non-hydrogen) atoms. The van der Waals surface area contributed by atoms with Crippen LogP contribution in [0.2, 0.25) is 0 Å². The lowest BCUT2D eigenvalue weighted by Crippen LogP contribution is -2.38. The van der Waals surface area contributed by atoms with Crippen LogP contribution in [0.3, 0.4) is 0 Å². The summed E-state index contributed by atoms with van der Waals surface area (Å²) in [5.41, 5.74) is 0. The van der Waals surface area contributed by atoms with Gasteiger partial charge in [-0.1, -0.05) is 6.92 Å². The number of nitrogens with zero attached hydrogens (tertiary/aromatic N) is 2. The number of hydrogen-bond acceptors (Lipinski definition) is 3. The molecule has 0 bridgehead atoms. The lowest BCUT2D eigenvalue weighted by molar-refractivity contribution is -0.129. The highest BCUT2D eigenvalue weighted by Crippen LogP contribution is 2.18. The first-order valence-electron chi connectivity index (χ1n) is 6.76. The van der Waals surface area contributed by atoms with Crippen molar-refractivity contribution in [2.75, 3.05) is 46.8 Å². The van der Waals surface area contributed by atoms with Gasteiger partial charge >= 0.3 is 0 Å². The van der Waals surface area contributed by atoms with Crippen molar-refractivity contribution in [2.24, 2.45) is 5.92 Å². The molecule has 0 spiro atoms. The third-order valence-electron chi connectivity index (χ3n) is 3.55. The normalized spacial score (nSPS) is 21.5. The largest absolute Gasteiger partial charge is 0.345 e. The van der Waals surface area contributed by atoms with E-state index >= 15 is 0 Å². The minimum atomic E-state index is 0.205. The zero-order chi connectivity index (χ0) is 12.7. The fraction of sp³-hybridized carbons (Fsp3) is 0.923. The van der Waals surface area contributed by atoms with Gasteiger partial charge in [-0.05, 0) is 45.3 Å². The van der Waals surface area contributed by atoms with Crippen LogP contribution >= 0.6 is 0 Å². The minimum absolute atomic E-state index is 0.205. The molecule has 1 unspecified atom stereocenters. The first kappa shape index (κ1) is 14.5. The highest BCUT2D eigenvalue weighted by atomic mass is 16.2. The van der Waals surface area contributed by atoms with Crippen LogP contribution in [0.5, 0.6) is 0 Å². The number of hydrogen-bond donors (Lipinski definition) is 1. The monoisotopic (exact) mass is 241 g/mol. The molecular weight excluding hydrogens is 214 g/mol. The molecule has 0 aliphatic carbocycles. The minimum Gasteiger partial charge on any atom is -0.345 e. The molecule has 0 aromatic heterocycles. The molecule has 1 aliphatic rings. The number of amides is 1. The summed E-state index contributed by atoms with van der Waals surface area (Å²) in [4.78, 5) is 15.9. The highest BCUT2D eigenvalue weighted by molar-refractivity contribution is 5.77. The topological polar surface area (TPSA) is 35.6 Å². The molecule has 1 aliphatic heterocycles. The molecule has 0 aromatic rings. The Morgan fingerprint density at radius 2 is 2.29 bits per heavy atom. The quantitative estimate of drug-likeness (QED) is 0.747. The van der Waals surface area contributed by atoms with Gasteiger partial charge in [0.2, 0.25) is 5.91 Å². The van der Waals surface area contributed by atoms with Crippen molar-refractivity contribution in [3.05, 3.63) is 0 Å². The van der Waals surface area contributed by atoms with Gasteiger partial charge in [-0.2, -0.15) is 0 Å². The Bertz CT molecular complexity index is 233. The molecule has 1 saturated heterocycles. The molecule has 1 rings (SSSR count). The van der Waals surface area contributed by atoms with Gasteiger partial charge < -0.3 is 15.1 Å². The van der Waals surface area contributed by atoms with Crippen molar-refractivity contribution in [1.29, 1.82) is 0 Å². The van der Waals surface area contributed by atoms with Crippen LogP contribution in [-0.2, 0) is 4.79 Å². The third-order valence-corrected chi connectivity index (χ3v) is 3.55. The van der Waals surface area contributed by atoms with Crippen molar-refractivity contribution in [3.63, 3.8) is 0 Å². The molecule has 1 N–H and O–H groups in total. The van der Waals surface area contributed by atoms with E-state index in [1.807, 2.05) is 18.9 Å². The van der Waals surface area contributed by atoms with Crippen molar-refractivity contribution in [2.45, 2.75) is 26.2 Å². The summed E-state index contributed by atoms with van der Waals surface area (Å²) < 4.78 is 0. The second kappa shape index (κ2) is 7.67. The van der Waals surface area contributed by atoms with Crippen LogP contribution in [-0.4, -0.2) is 62.5 Å². The molecule has 1 heterocycles. The maximum Gasteiger partial charge on any atom is 0.236 e. The van der Waals surface area contributed by atoms with Crippen molar-refractivity contribution < 1.29 is 4.79 Å². The predicted molar refractivity (Wildman–Crippen MR) is 71.0 cm³/mol. The molecule has 1 atom stereocenters. The van der Waals surface area contributed by atoms with E-state index in [0.29, 0.717) is 6.54 Å². The average Bonchev–Trinajstić information content (AvgIpc) is 2.33. The number of rotatable bonds is 6. The Hall–Kier alpha value is -0.610. The van der Waals surface area contributed by atoms with Gasteiger partial charge in [-0.3, -0.25) is 4.79 Å². The number of carbonyl (C=O) groups excluding carboxylic acids is 1. The highest BCUT2D eigenvalue weighted by Gasteiger charge is 2.18. The van der Waals surface area contributed by atoms with E-state index in [9.17, 15) is 4.79 Å². The first-order chi connectivity index (χ1) is 8.13. The fourth-order valence-corrected chi connectivity index (χ4v) is 2.38. The van der Waals surface area contributed by atoms with Gasteiger partial charge in [0.15, 0.2) is 0 Å². The summed E-state index contributed by atoms with van der Waals surface area (Å²) in [6.45, 7) is 6.65. The van der Waals surface area contributed by atoms with Crippen LogP contribution < -0.4 is 5.32 Å². The van der Waals surface area contributed by atoms with Crippen LogP contribution in [0, 0.1) is 5.92 Å². The number of likely N-dealkylation sites (tertiary alicyclic amines) is 1. The van der Waals surface area contributed by atoms with Crippen molar-refractivity contribution in [3.8, 4) is 0 Å². The molecule has 0 aromatic carbocycles. The fourth-order valence-electron chi connectivity index (χ4n) is 2.38. The summed E-state index contributed by atoms with van der Waals surface area (Å²) in [6, 6.07) is 0. The summed E-state index contributed by atoms with van der Waals surface area (Å²) in [5.74, 6) is 0.971. The standard InChI is InChI=1S/C13H27N3O/c1-4-14-10-13(17)16(3)9-7-12-6-5-8-15(2)11-12/h12,14H,4-11H2,1-3H3. The Balaban J connectivity index is 2.18. The van der Waals surface area contributed by atoms with Gasteiger partial charge in [0.25, 0.3) is 0 Å². The van der Waals surface area contributed by atoms with Gasteiger partial charge in [-0.15, -0.1) is 0 Å². The van der Waals surface area contributed by atoms with E-state index in [2.05, 4.69) is 17.3 Å². The summed E-state index contributed by atoms with van der Waals surface area (Å²) in [6.07, 6.45) is 3.76. The molecule has 4 nitrogen and oxygen atoms in total. The second-order valence-electron chi connectivity index (χ2n) is 5.15. The van der Waals surface area contributed by atoms with Gasteiger partial charge in [-0.25, -0.2) is 0 Å². The molecule has 100 valence electrons. The van der Waals surface area contributed by atoms with Crippen LogP contribution in [0.1, 0.15) is 26.2 Å². The summed E-state index contributed by atoms with van der Waals surface area (Å²) in [5, 5.41) is 3.07. The van der Waals surface area contributed by atoms with Gasteiger partial charge in [0.05, 0.1) is 6.54 Å². The zero-order valence-electron chi connectivity index (χ0n) is 11.5. The SMILES string of the molecule is CCNCC(=O)N(C)CCC1CCCN(C)C1. The van der Waals surface area contributed by atoms with E-state index in [1.54, 1.807) is 0 Å². The van der Waals surface area contributed by atoms with E-state index in [4.69, 9.17) is 0 Å². The molecule has 4 heteroatoms. The van der Waals surface area contributed by atoms with E-state index in [1.165, 1.54) is 25.9 Å². The number of piperidine rings is 1. The number of nitrogens with one attached hydrogen (secondary N) is 1. The van der Waals surface area contributed by atoms with Crippen LogP contribution in [0.4, 0.5) is 0 Å². The Morgan fingerprint density at radius 3 is 2.94 bits per heavy atom. The maximum absolute atomic E-state index is 11.7. The second-order valence-corrected chi connectivity index (χ2v) is 5.15. The Labute approximate surface area is 105 Å². The van der Waals surface area contributed by atoms with Gasteiger partial charge in [0.1, 0.15) is 0 Å². The maximum atomic E-state index is 11.7. The van der Waals surface area contributed by atoms with Crippen molar-refractivity contribution >= 4 is 5.91 Å². The summed E-state index contributed by atoms with van der Waals surface area (Å²) in [7, 11) is 4.10. The number of carbonyl (C=O) groups is 1. The van der Waals surface area contributed by atoms with Crippen LogP contribution in [0.25, 0.3) is 0 Å². The smallest absolute Gasteiger partial charge is 0.236 e. The molecule has 0 saturated carbocycles.